The third-order valence-corrected chi connectivity index (χ3v) is 7.49. The summed E-state index contributed by atoms with van der Waals surface area (Å²) in [6.45, 7) is 5.63. The molecule has 0 spiro atoms. The van der Waals surface area contributed by atoms with Crippen molar-refractivity contribution < 1.29 is 28.9 Å². The van der Waals surface area contributed by atoms with Gasteiger partial charge in [0.2, 0.25) is 0 Å². The summed E-state index contributed by atoms with van der Waals surface area (Å²) in [5.41, 5.74) is 8.53. The largest absolute Gasteiger partial charge is 0.493 e. The van der Waals surface area contributed by atoms with E-state index in [1.54, 1.807) is 29.5 Å². The zero-order valence-corrected chi connectivity index (χ0v) is 20.8. The van der Waals surface area contributed by atoms with E-state index in [0.29, 0.717) is 29.9 Å². The third-order valence-electron chi connectivity index (χ3n) is 6.42. The minimum absolute atomic E-state index is 0.0494. The number of benzene rings is 1. The van der Waals surface area contributed by atoms with Crippen molar-refractivity contribution in [1.82, 2.24) is 4.98 Å². The lowest BCUT2D eigenvalue weighted by Gasteiger charge is -2.27. The molecule has 1 aromatic carbocycles. The maximum Gasteiger partial charge on any atom is 0.327 e. The van der Waals surface area contributed by atoms with Crippen LogP contribution in [0.4, 0.5) is 5.13 Å². The number of ether oxygens (including phenoxy) is 3. The standard InChI is InChI=1S/C25H33N3O6S/c1-16-21(27-25(35-16)28-10-13-32-14-11-28)9-12-33-19-7-5-17(6-8-22(29)30)20(15-19)23(26)24(31)34-18-3-2-4-18/h5,7,15,18,23H,2-4,6,8-14,26H2,1H3,(H,29,30). The fourth-order valence-corrected chi connectivity index (χ4v) is 5.08. The van der Waals surface area contributed by atoms with E-state index in [-0.39, 0.29) is 18.9 Å². The molecule has 1 saturated carbocycles. The van der Waals surface area contributed by atoms with Crippen LogP contribution in [0.15, 0.2) is 18.2 Å². The maximum absolute atomic E-state index is 12.6. The van der Waals surface area contributed by atoms with Gasteiger partial charge in [0.1, 0.15) is 17.9 Å². The predicted molar refractivity (Wildman–Crippen MR) is 132 cm³/mol. The van der Waals surface area contributed by atoms with E-state index >= 15 is 0 Å². The van der Waals surface area contributed by atoms with Crippen molar-refractivity contribution in [2.45, 2.75) is 57.6 Å². The van der Waals surface area contributed by atoms with Crippen LogP contribution in [0.25, 0.3) is 0 Å². The first-order chi connectivity index (χ1) is 16.9. The number of aryl methyl sites for hydroxylation is 2. The Balaban J connectivity index is 1.40. The molecule has 0 bridgehead atoms. The van der Waals surface area contributed by atoms with E-state index in [9.17, 15) is 9.59 Å². The molecule has 2 aliphatic rings. The highest BCUT2D eigenvalue weighted by Crippen LogP contribution is 2.29. The van der Waals surface area contributed by atoms with Crippen LogP contribution in [0.5, 0.6) is 5.75 Å². The molecule has 1 aliphatic carbocycles. The lowest BCUT2D eigenvalue weighted by atomic mass is 9.95. The van der Waals surface area contributed by atoms with Gasteiger partial charge in [0, 0.05) is 30.8 Å². The van der Waals surface area contributed by atoms with Crippen LogP contribution in [-0.2, 0) is 31.9 Å². The van der Waals surface area contributed by atoms with Gasteiger partial charge in [0.05, 0.1) is 25.5 Å². The number of carbonyl (C=O) groups excluding carboxylic acids is 1. The molecule has 1 aliphatic heterocycles. The first kappa shape index (κ1) is 25.4. The molecule has 2 aromatic rings. The van der Waals surface area contributed by atoms with Crippen molar-refractivity contribution in [3.05, 3.63) is 39.9 Å². The van der Waals surface area contributed by atoms with Crippen molar-refractivity contribution in [1.29, 1.82) is 0 Å². The van der Waals surface area contributed by atoms with Gasteiger partial charge < -0.3 is 30.0 Å². The summed E-state index contributed by atoms with van der Waals surface area (Å²) < 4.78 is 16.9. The zero-order chi connectivity index (χ0) is 24.8. The normalized spacial score (nSPS) is 17.0. The molecule has 0 radical (unpaired) electrons. The number of carboxylic acid groups (broad SMARTS) is 1. The number of rotatable bonds is 11. The molecule has 190 valence electrons. The summed E-state index contributed by atoms with van der Waals surface area (Å²) in [4.78, 5) is 31.9. The summed E-state index contributed by atoms with van der Waals surface area (Å²) in [5, 5.41) is 10.1. The SMILES string of the molecule is Cc1sc(N2CCOCC2)nc1CCOc1ccc(CCC(=O)O)c(C(N)C(=O)OC2CCC2)c1. The highest BCUT2D eigenvalue weighted by atomic mass is 32.1. The lowest BCUT2D eigenvalue weighted by Crippen LogP contribution is -2.36. The van der Waals surface area contributed by atoms with Gasteiger partial charge in [0.15, 0.2) is 5.13 Å². The minimum Gasteiger partial charge on any atom is -0.493 e. The molecule has 10 heteroatoms. The first-order valence-corrected chi connectivity index (χ1v) is 12.9. The number of thiazole rings is 1. The Bertz CT molecular complexity index is 1030. The smallest absolute Gasteiger partial charge is 0.327 e. The Labute approximate surface area is 209 Å². The monoisotopic (exact) mass is 503 g/mol. The van der Waals surface area contributed by atoms with Crippen LogP contribution < -0.4 is 15.4 Å². The molecule has 1 saturated heterocycles. The maximum atomic E-state index is 12.6. The highest BCUT2D eigenvalue weighted by Gasteiger charge is 2.27. The van der Waals surface area contributed by atoms with Crippen molar-refractivity contribution in [2.24, 2.45) is 5.73 Å². The number of morpholine rings is 1. The molecule has 3 N–H and O–H groups in total. The van der Waals surface area contributed by atoms with Crippen LogP contribution >= 0.6 is 11.3 Å². The number of esters is 1. The van der Waals surface area contributed by atoms with Crippen molar-refractivity contribution in [3.63, 3.8) is 0 Å². The van der Waals surface area contributed by atoms with Crippen LogP contribution in [-0.4, -0.2) is 61.0 Å². The summed E-state index contributed by atoms with van der Waals surface area (Å²) in [6.07, 6.45) is 3.57. The van der Waals surface area contributed by atoms with E-state index in [0.717, 1.165) is 56.4 Å². The van der Waals surface area contributed by atoms with Gasteiger partial charge in [-0.25, -0.2) is 9.78 Å². The predicted octanol–water partition coefficient (Wildman–Crippen LogP) is 3.02. The van der Waals surface area contributed by atoms with Gasteiger partial charge in [-0.05, 0) is 55.9 Å². The Morgan fingerprint density at radius 3 is 2.74 bits per heavy atom. The topological polar surface area (TPSA) is 124 Å². The van der Waals surface area contributed by atoms with Gasteiger partial charge >= 0.3 is 11.9 Å². The van der Waals surface area contributed by atoms with Gasteiger partial charge in [-0.1, -0.05) is 6.07 Å². The molecule has 2 heterocycles. The van der Waals surface area contributed by atoms with Gasteiger partial charge in [-0.2, -0.15) is 0 Å². The highest BCUT2D eigenvalue weighted by molar-refractivity contribution is 7.15. The molecule has 2 fully saturated rings. The summed E-state index contributed by atoms with van der Waals surface area (Å²) >= 11 is 1.69. The molecule has 1 unspecified atom stereocenters. The van der Waals surface area contributed by atoms with E-state index in [4.69, 9.17) is 30.0 Å². The third kappa shape index (κ3) is 6.71. The molecule has 4 rings (SSSR count). The minimum atomic E-state index is -0.986. The quantitative estimate of drug-likeness (QED) is 0.445. The average molecular weight is 504 g/mol. The molecule has 1 aromatic heterocycles. The Morgan fingerprint density at radius 1 is 1.29 bits per heavy atom. The number of aromatic nitrogens is 1. The number of carboxylic acids is 1. The number of anilines is 1. The van der Waals surface area contributed by atoms with E-state index in [1.165, 1.54) is 4.88 Å². The molecular weight excluding hydrogens is 470 g/mol. The number of nitrogens with two attached hydrogens (primary N) is 1. The van der Waals surface area contributed by atoms with Crippen molar-refractivity contribution >= 4 is 28.4 Å². The second-order valence-electron chi connectivity index (χ2n) is 8.92. The number of hydrogen-bond acceptors (Lipinski definition) is 9. The average Bonchev–Trinajstić information content (AvgIpc) is 3.20. The molecule has 0 amide bonds. The Morgan fingerprint density at radius 2 is 2.06 bits per heavy atom. The Kier molecular flexibility index (Phi) is 8.59. The molecular formula is C25H33N3O6S. The van der Waals surface area contributed by atoms with Crippen molar-refractivity contribution in [3.8, 4) is 5.75 Å². The van der Waals surface area contributed by atoms with Crippen LogP contribution in [0.3, 0.4) is 0 Å². The first-order valence-electron chi connectivity index (χ1n) is 12.1. The van der Waals surface area contributed by atoms with Crippen molar-refractivity contribution in [2.75, 3.05) is 37.8 Å². The van der Waals surface area contributed by atoms with Gasteiger partial charge in [-0.3, -0.25) is 4.79 Å². The Hall–Kier alpha value is -2.69. The van der Waals surface area contributed by atoms with Crippen LogP contribution in [0, 0.1) is 6.92 Å². The number of hydrogen-bond donors (Lipinski definition) is 2. The molecule has 35 heavy (non-hydrogen) atoms. The van der Waals surface area contributed by atoms with E-state index in [1.807, 2.05) is 0 Å². The second kappa shape index (κ2) is 11.8. The summed E-state index contributed by atoms with van der Waals surface area (Å²) in [5.74, 6) is -0.818. The second-order valence-corrected chi connectivity index (χ2v) is 10.1. The fraction of sp³-hybridized carbons (Fsp3) is 0.560. The summed E-state index contributed by atoms with van der Waals surface area (Å²) in [7, 11) is 0. The summed E-state index contributed by atoms with van der Waals surface area (Å²) in [6, 6.07) is 4.32. The lowest BCUT2D eigenvalue weighted by molar-refractivity contribution is -0.154. The fourth-order valence-electron chi connectivity index (χ4n) is 4.07. The van der Waals surface area contributed by atoms with E-state index < -0.39 is 18.0 Å². The molecule has 1 atom stereocenters. The molecule has 9 nitrogen and oxygen atoms in total. The number of nitrogens with zero attached hydrogens (tertiary/aromatic N) is 2. The van der Waals surface area contributed by atoms with Crippen LogP contribution in [0.2, 0.25) is 0 Å². The number of aliphatic carboxylic acids is 1. The van der Waals surface area contributed by atoms with E-state index in [2.05, 4.69) is 11.8 Å². The van der Waals surface area contributed by atoms with Gasteiger partial charge in [-0.15, -0.1) is 11.3 Å². The zero-order valence-electron chi connectivity index (χ0n) is 20.0. The number of carbonyl (C=O) groups is 2. The van der Waals surface area contributed by atoms with Crippen LogP contribution in [0.1, 0.15) is 53.4 Å². The van der Waals surface area contributed by atoms with Gasteiger partial charge in [0.25, 0.3) is 0 Å².